The van der Waals surface area contributed by atoms with E-state index >= 15 is 0 Å². The Kier molecular flexibility index (Phi) is 5.42. The lowest BCUT2D eigenvalue weighted by atomic mass is 10.1. The molecule has 0 bridgehead atoms. The quantitative estimate of drug-likeness (QED) is 0.671. The van der Waals surface area contributed by atoms with Crippen LogP contribution in [-0.4, -0.2) is 49.1 Å². The molecule has 0 spiro atoms. The minimum atomic E-state index is -0.402. The largest absolute Gasteiger partial charge is 0.462 e. The predicted octanol–water partition coefficient (Wildman–Crippen LogP) is 2.74. The van der Waals surface area contributed by atoms with Crippen molar-refractivity contribution < 1.29 is 18.8 Å². The lowest BCUT2D eigenvalue weighted by molar-refractivity contribution is -0.911. The molecule has 1 amide bonds. The number of benzene rings is 1. The van der Waals surface area contributed by atoms with Crippen LogP contribution in [-0.2, 0) is 9.53 Å². The first kappa shape index (κ1) is 17.5. The molecule has 2 rings (SSSR count). The van der Waals surface area contributed by atoms with Crippen LogP contribution in [0, 0.1) is 6.92 Å². The normalized spacial score (nSPS) is 17.6. The zero-order chi connectivity index (χ0) is 17.0. The monoisotopic (exact) mass is 319 g/mol. The molecule has 1 fully saturated rings. The van der Waals surface area contributed by atoms with Crippen molar-refractivity contribution in [3.05, 3.63) is 29.3 Å². The lowest BCUT2D eigenvalue weighted by Gasteiger charge is -2.34. The molecule has 1 saturated heterocycles. The van der Waals surface area contributed by atoms with E-state index in [4.69, 9.17) is 4.74 Å². The van der Waals surface area contributed by atoms with Gasteiger partial charge >= 0.3 is 5.97 Å². The Morgan fingerprint density at radius 1 is 1.30 bits per heavy atom. The van der Waals surface area contributed by atoms with Crippen LogP contribution < -0.4 is 5.32 Å². The van der Waals surface area contributed by atoms with Gasteiger partial charge in [-0.25, -0.2) is 4.79 Å². The fourth-order valence-electron chi connectivity index (χ4n) is 3.17. The smallest absolute Gasteiger partial charge is 0.340 e. The second-order valence-electron chi connectivity index (χ2n) is 6.52. The molecule has 126 valence electrons. The summed E-state index contributed by atoms with van der Waals surface area (Å²) in [6, 6.07) is 5.23. The molecule has 0 aromatic heterocycles. The number of rotatable bonds is 5. The Morgan fingerprint density at radius 2 is 1.96 bits per heavy atom. The number of ether oxygens (including phenoxy) is 1. The molecule has 23 heavy (non-hydrogen) atoms. The molecule has 5 nitrogen and oxygen atoms in total. The lowest BCUT2D eigenvalue weighted by Crippen LogP contribution is -2.54. The summed E-state index contributed by atoms with van der Waals surface area (Å²) in [6.07, 6.45) is 2.32. The van der Waals surface area contributed by atoms with Crippen LogP contribution in [0.3, 0.4) is 0 Å². The molecule has 1 atom stereocenters. The van der Waals surface area contributed by atoms with E-state index in [1.54, 1.807) is 19.1 Å². The number of para-hydroxylation sites is 1. The van der Waals surface area contributed by atoms with Gasteiger partial charge in [0.25, 0.3) is 5.91 Å². The Morgan fingerprint density at radius 3 is 2.57 bits per heavy atom. The van der Waals surface area contributed by atoms with Crippen LogP contribution in [0.1, 0.15) is 42.6 Å². The van der Waals surface area contributed by atoms with Crippen molar-refractivity contribution in [3.63, 3.8) is 0 Å². The van der Waals surface area contributed by atoms with Gasteiger partial charge in [0.05, 0.1) is 38.0 Å². The molecule has 0 radical (unpaired) electrons. The SMILES string of the molecule is CCOC(=O)c1cccc(C)c1NC(=O)C(C)[N+]1(C)CCCC1. The molecule has 0 saturated carbocycles. The maximum atomic E-state index is 12.7. The van der Waals surface area contributed by atoms with Gasteiger partial charge in [-0.15, -0.1) is 0 Å². The Hall–Kier alpha value is -1.88. The number of amides is 1. The van der Waals surface area contributed by atoms with Crippen LogP contribution in [0.25, 0.3) is 0 Å². The second kappa shape index (κ2) is 7.13. The molecule has 1 aliphatic heterocycles. The van der Waals surface area contributed by atoms with Crippen LogP contribution in [0.5, 0.6) is 0 Å². The minimum absolute atomic E-state index is 0.0470. The van der Waals surface area contributed by atoms with Gasteiger partial charge in [0.2, 0.25) is 0 Å². The zero-order valence-electron chi connectivity index (χ0n) is 14.5. The number of nitrogens with zero attached hydrogens (tertiary/aromatic N) is 1. The fraction of sp³-hybridized carbons (Fsp3) is 0.556. The van der Waals surface area contributed by atoms with Crippen LogP contribution in [0.4, 0.5) is 5.69 Å². The van der Waals surface area contributed by atoms with Gasteiger partial charge in [0, 0.05) is 12.8 Å². The predicted molar refractivity (Wildman–Crippen MR) is 90.4 cm³/mol. The van der Waals surface area contributed by atoms with E-state index in [-0.39, 0.29) is 11.9 Å². The number of likely N-dealkylation sites (N-methyl/N-ethyl adjacent to an activating group) is 1. The van der Waals surface area contributed by atoms with E-state index in [1.165, 1.54) is 0 Å². The summed E-state index contributed by atoms with van der Waals surface area (Å²) < 4.78 is 5.85. The number of carbonyl (C=O) groups excluding carboxylic acids is 2. The first-order chi connectivity index (χ1) is 10.9. The minimum Gasteiger partial charge on any atom is -0.462 e. The standard InChI is InChI=1S/C18H26N2O3/c1-5-23-18(22)15-10-8-9-13(2)16(15)19-17(21)14(3)20(4)11-6-7-12-20/h8-10,14H,5-7,11-12H2,1-4H3/p+1. The molecule has 1 unspecified atom stereocenters. The average Bonchev–Trinajstić information content (AvgIpc) is 2.96. The molecule has 1 aliphatic rings. The van der Waals surface area contributed by atoms with Gasteiger partial charge in [0.15, 0.2) is 6.04 Å². The maximum absolute atomic E-state index is 12.7. The topological polar surface area (TPSA) is 55.4 Å². The van der Waals surface area contributed by atoms with Gasteiger partial charge in [-0.1, -0.05) is 12.1 Å². The molecule has 1 aromatic rings. The number of likely N-dealkylation sites (tertiary alicyclic amines) is 1. The molecule has 1 N–H and O–H groups in total. The van der Waals surface area contributed by atoms with E-state index in [2.05, 4.69) is 12.4 Å². The van der Waals surface area contributed by atoms with Crippen molar-refractivity contribution in [1.82, 2.24) is 0 Å². The van der Waals surface area contributed by atoms with E-state index in [0.29, 0.717) is 17.9 Å². The molecule has 5 heteroatoms. The Labute approximate surface area is 138 Å². The highest BCUT2D eigenvalue weighted by Crippen LogP contribution is 2.25. The third-order valence-electron chi connectivity index (χ3n) is 4.92. The van der Waals surface area contributed by atoms with Gasteiger partial charge < -0.3 is 14.5 Å². The third kappa shape index (κ3) is 3.72. The number of aryl methyl sites for hydroxylation is 1. The highest BCUT2D eigenvalue weighted by molar-refractivity contribution is 6.03. The van der Waals surface area contributed by atoms with Gasteiger partial charge in [-0.3, -0.25) is 4.79 Å². The highest BCUT2D eigenvalue weighted by atomic mass is 16.5. The van der Waals surface area contributed by atoms with Crippen LogP contribution in [0.2, 0.25) is 0 Å². The first-order valence-corrected chi connectivity index (χ1v) is 8.31. The van der Waals surface area contributed by atoms with Gasteiger partial charge in [-0.2, -0.15) is 0 Å². The zero-order valence-corrected chi connectivity index (χ0v) is 14.5. The van der Waals surface area contributed by atoms with Gasteiger partial charge in [-0.05, 0) is 32.4 Å². The van der Waals surface area contributed by atoms with Crippen molar-refractivity contribution in [2.24, 2.45) is 0 Å². The van der Waals surface area contributed by atoms with Crippen molar-refractivity contribution in [1.29, 1.82) is 0 Å². The summed E-state index contributed by atoms with van der Waals surface area (Å²) in [5.74, 6) is -0.449. The number of hydrogen-bond acceptors (Lipinski definition) is 3. The molecular formula is C18H27N2O3+. The number of hydrogen-bond donors (Lipinski definition) is 1. The van der Waals surface area contributed by atoms with Crippen LogP contribution in [0.15, 0.2) is 18.2 Å². The third-order valence-corrected chi connectivity index (χ3v) is 4.92. The molecular weight excluding hydrogens is 292 g/mol. The number of carbonyl (C=O) groups is 2. The molecule has 1 aromatic carbocycles. The van der Waals surface area contributed by atoms with Crippen molar-refractivity contribution in [2.75, 3.05) is 32.1 Å². The summed E-state index contributed by atoms with van der Waals surface area (Å²) in [4.78, 5) is 24.8. The number of nitrogens with one attached hydrogen (secondary N) is 1. The second-order valence-corrected chi connectivity index (χ2v) is 6.52. The molecule has 1 heterocycles. The summed E-state index contributed by atoms with van der Waals surface area (Å²) in [5.41, 5.74) is 1.84. The van der Waals surface area contributed by atoms with E-state index in [1.807, 2.05) is 19.9 Å². The number of quaternary nitrogens is 1. The number of anilines is 1. The van der Waals surface area contributed by atoms with E-state index < -0.39 is 5.97 Å². The van der Waals surface area contributed by atoms with Gasteiger partial charge in [0.1, 0.15) is 0 Å². The fourth-order valence-corrected chi connectivity index (χ4v) is 3.17. The van der Waals surface area contributed by atoms with Crippen molar-refractivity contribution >= 4 is 17.6 Å². The highest BCUT2D eigenvalue weighted by Gasteiger charge is 2.37. The van der Waals surface area contributed by atoms with Crippen molar-refractivity contribution in [2.45, 2.75) is 39.7 Å². The summed E-state index contributed by atoms with van der Waals surface area (Å²) >= 11 is 0. The summed E-state index contributed by atoms with van der Waals surface area (Å²) in [6.45, 7) is 7.97. The van der Waals surface area contributed by atoms with E-state index in [9.17, 15) is 9.59 Å². The Bertz CT molecular complexity index is 592. The van der Waals surface area contributed by atoms with Crippen LogP contribution >= 0.6 is 0 Å². The van der Waals surface area contributed by atoms with E-state index in [0.717, 1.165) is 36.0 Å². The maximum Gasteiger partial charge on any atom is 0.340 e. The average molecular weight is 319 g/mol. The molecule has 0 aliphatic carbocycles. The van der Waals surface area contributed by atoms with Crippen molar-refractivity contribution in [3.8, 4) is 0 Å². The summed E-state index contributed by atoms with van der Waals surface area (Å²) in [5, 5.41) is 2.96. The summed E-state index contributed by atoms with van der Waals surface area (Å²) in [7, 11) is 2.13. The Balaban J connectivity index is 2.22. The number of esters is 1. The first-order valence-electron chi connectivity index (χ1n) is 8.31.